The van der Waals surface area contributed by atoms with Gasteiger partial charge in [-0.15, -0.1) is 0 Å². The number of para-hydroxylation sites is 1. The van der Waals surface area contributed by atoms with E-state index >= 15 is 0 Å². The highest BCUT2D eigenvalue weighted by atomic mass is 16.2. The van der Waals surface area contributed by atoms with E-state index in [1.165, 1.54) is 5.69 Å². The zero-order chi connectivity index (χ0) is 17.1. The molecule has 1 fully saturated rings. The van der Waals surface area contributed by atoms with E-state index in [1.807, 2.05) is 12.1 Å². The van der Waals surface area contributed by atoms with Gasteiger partial charge in [-0.05, 0) is 37.3 Å². The fourth-order valence-electron chi connectivity index (χ4n) is 3.80. The average molecular weight is 329 g/mol. The minimum Gasteiger partial charge on any atom is -0.374 e. The third-order valence-corrected chi connectivity index (χ3v) is 5.25. The van der Waals surface area contributed by atoms with Crippen LogP contribution in [0.5, 0.6) is 0 Å². The van der Waals surface area contributed by atoms with Crippen molar-refractivity contribution in [3.63, 3.8) is 0 Å². The third-order valence-electron chi connectivity index (χ3n) is 5.25. The van der Waals surface area contributed by atoms with Crippen molar-refractivity contribution in [2.45, 2.75) is 38.1 Å². The van der Waals surface area contributed by atoms with Gasteiger partial charge in [0.15, 0.2) is 0 Å². The molecule has 5 nitrogen and oxygen atoms in total. The largest absolute Gasteiger partial charge is 0.374 e. The van der Waals surface area contributed by atoms with Crippen LogP contribution < -0.4 is 10.2 Å². The Morgan fingerprint density at radius 2 is 1.79 bits per heavy atom. The number of likely N-dealkylation sites (tertiary alicyclic amines) is 1. The standard InChI is InChI=1S/C19H27N3O2/c1-21-13-7-10-16(14-8-3-4-11-17(14)21)20-18(23)15-9-5-6-12-22(2)19(15)24/h3-4,8,11,15-16H,5-7,9-10,12-13H2,1-2H3,(H,20,23). The predicted molar refractivity (Wildman–Crippen MR) is 94.8 cm³/mol. The number of benzene rings is 1. The van der Waals surface area contributed by atoms with E-state index in [9.17, 15) is 9.59 Å². The molecule has 2 atom stereocenters. The van der Waals surface area contributed by atoms with Gasteiger partial charge in [0.25, 0.3) is 0 Å². The quantitative estimate of drug-likeness (QED) is 0.847. The third kappa shape index (κ3) is 3.40. The highest BCUT2D eigenvalue weighted by molar-refractivity contribution is 6.00. The van der Waals surface area contributed by atoms with E-state index < -0.39 is 5.92 Å². The molecule has 5 heteroatoms. The van der Waals surface area contributed by atoms with Crippen LogP contribution in [0.2, 0.25) is 0 Å². The van der Waals surface area contributed by atoms with Crippen molar-refractivity contribution >= 4 is 17.5 Å². The van der Waals surface area contributed by atoms with Crippen LogP contribution in [-0.4, -0.2) is 43.9 Å². The fraction of sp³-hybridized carbons (Fsp3) is 0.579. The molecular formula is C19H27N3O2. The normalized spacial score (nSPS) is 24.8. The van der Waals surface area contributed by atoms with Crippen LogP contribution in [-0.2, 0) is 9.59 Å². The molecule has 2 amide bonds. The summed E-state index contributed by atoms with van der Waals surface area (Å²) < 4.78 is 0. The van der Waals surface area contributed by atoms with Gasteiger partial charge >= 0.3 is 0 Å². The Bertz CT molecular complexity index is 616. The Morgan fingerprint density at radius 3 is 2.62 bits per heavy atom. The van der Waals surface area contributed by atoms with Gasteiger partial charge in [-0.1, -0.05) is 24.6 Å². The zero-order valence-electron chi connectivity index (χ0n) is 14.6. The Balaban J connectivity index is 1.78. The Labute approximate surface area is 144 Å². The zero-order valence-corrected chi connectivity index (χ0v) is 14.6. The minimum atomic E-state index is -0.536. The van der Waals surface area contributed by atoms with E-state index in [1.54, 1.807) is 11.9 Å². The minimum absolute atomic E-state index is 0.0139. The summed E-state index contributed by atoms with van der Waals surface area (Å²) in [5.74, 6) is -0.687. The lowest BCUT2D eigenvalue weighted by atomic mass is 9.98. The van der Waals surface area contributed by atoms with E-state index in [0.29, 0.717) is 6.42 Å². The van der Waals surface area contributed by atoms with Gasteiger partial charge in [0.2, 0.25) is 11.8 Å². The molecule has 2 aliphatic rings. The molecule has 2 aliphatic heterocycles. The molecule has 0 aromatic heterocycles. The maximum Gasteiger partial charge on any atom is 0.234 e. The first-order valence-electron chi connectivity index (χ1n) is 8.93. The molecule has 130 valence electrons. The maximum atomic E-state index is 12.8. The van der Waals surface area contributed by atoms with Crippen LogP contribution in [0.15, 0.2) is 24.3 Å². The van der Waals surface area contributed by atoms with Crippen LogP contribution in [0.4, 0.5) is 5.69 Å². The SMILES string of the molecule is CN1CCCCC(C(=O)NC2CCCN(C)c3ccccc32)C1=O. The van der Waals surface area contributed by atoms with Gasteiger partial charge in [0.1, 0.15) is 5.92 Å². The van der Waals surface area contributed by atoms with Crippen LogP contribution in [0.25, 0.3) is 0 Å². The van der Waals surface area contributed by atoms with Crippen molar-refractivity contribution in [2.24, 2.45) is 5.92 Å². The maximum absolute atomic E-state index is 12.8. The molecule has 24 heavy (non-hydrogen) atoms. The monoisotopic (exact) mass is 329 g/mol. The summed E-state index contributed by atoms with van der Waals surface area (Å²) in [7, 11) is 3.89. The highest BCUT2D eigenvalue weighted by Gasteiger charge is 2.33. The molecule has 1 aromatic rings. The van der Waals surface area contributed by atoms with Gasteiger partial charge in [-0.25, -0.2) is 0 Å². The second-order valence-corrected chi connectivity index (χ2v) is 6.99. The van der Waals surface area contributed by atoms with Gasteiger partial charge in [0.05, 0.1) is 6.04 Å². The number of carbonyl (C=O) groups excluding carboxylic acids is 2. The van der Waals surface area contributed by atoms with Crippen molar-refractivity contribution in [3.8, 4) is 0 Å². The molecule has 1 aromatic carbocycles. The lowest BCUT2D eigenvalue weighted by molar-refractivity contribution is -0.141. The number of nitrogens with zero attached hydrogens (tertiary/aromatic N) is 2. The lowest BCUT2D eigenvalue weighted by Crippen LogP contribution is -2.42. The summed E-state index contributed by atoms with van der Waals surface area (Å²) in [5, 5.41) is 3.17. The van der Waals surface area contributed by atoms with Crippen LogP contribution in [0.1, 0.15) is 43.7 Å². The van der Waals surface area contributed by atoms with Crippen molar-refractivity contribution in [2.75, 3.05) is 32.1 Å². The molecular weight excluding hydrogens is 302 g/mol. The second kappa shape index (κ2) is 7.24. The number of nitrogens with one attached hydrogen (secondary N) is 1. The molecule has 3 rings (SSSR count). The molecule has 0 saturated carbocycles. The van der Waals surface area contributed by atoms with Gasteiger partial charge in [-0.2, -0.15) is 0 Å². The first-order valence-corrected chi connectivity index (χ1v) is 8.93. The summed E-state index contributed by atoms with van der Waals surface area (Å²) >= 11 is 0. The molecule has 2 unspecified atom stereocenters. The number of carbonyl (C=O) groups is 2. The predicted octanol–water partition coefficient (Wildman–Crippen LogP) is 2.33. The average Bonchev–Trinajstić information content (AvgIpc) is 2.84. The van der Waals surface area contributed by atoms with E-state index in [2.05, 4.69) is 29.4 Å². The molecule has 1 saturated heterocycles. The number of hydrogen-bond acceptors (Lipinski definition) is 3. The van der Waals surface area contributed by atoms with Crippen molar-refractivity contribution in [1.82, 2.24) is 10.2 Å². The lowest BCUT2D eigenvalue weighted by Gasteiger charge is -2.24. The number of anilines is 1. The van der Waals surface area contributed by atoms with Gasteiger partial charge in [-0.3, -0.25) is 9.59 Å². The summed E-state index contributed by atoms with van der Waals surface area (Å²) in [6.07, 6.45) is 4.49. The van der Waals surface area contributed by atoms with E-state index in [-0.39, 0.29) is 17.9 Å². The molecule has 1 N–H and O–H groups in total. The summed E-state index contributed by atoms with van der Waals surface area (Å²) in [5.41, 5.74) is 2.32. The van der Waals surface area contributed by atoms with E-state index in [0.717, 1.165) is 44.3 Å². The summed E-state index contributed by atoms with van der Waals surface area (Å²) in [6, 6.07) is 8.22. The topological polar surface area (TPSA) is 52.7 Å². The Hall–Kier alpha value is -2.04. The van der Waals surface area contributed by atoms with Crippen LogP contribution in [0.3, 0.4) is 0 Å². The van der Waals surface area contributed by atoms with Crippen LogP contribution in [0, 0.1) is 5.92 Å². The number of rotatable bonds is 2. The first kappa shape index (κ1) is 16.8. The Morgan fingerprint density at radius 1 is 1.04 bits per heavy atom. The van der Waals surface area contributed by atoms with E-state index in [4.69, 9.17) is 0 Å². The number of amides is 2. The van der Waals surface area contributed by atoms with Gasteiger partial charge < -0.3 is 15.1 Å². The molecule has 0 spiro atoms. The smallest absolute Gasteiger partial charge is 0.234 e. The summed E-state index contributed by atoms with van der Waals surface area (Å²) in [4.78, 5) is 29.2. The van der Waals surface area contributed by atoms with Crippen molar-refractivity contribution in [3.05, 3.63) is 29.8 Å². The second-order valence-electron chi connectivity index (χ2n) is 6.99. The molecule has 0 bridgehead atoms. The van der Waals surface area contributed by atoms with Crippen LogP contribution >= 0.6 is 0 Å². The number of fused-ring (bicyclic) bond motifs is 1. The Kier molecular flexibility index (Phi) is 5.07. The molecule has 0 aliphatic carbocycles. The summed E-state index contributed by atoms with van der Waals surface area (Å²) in [6.45, 7) is 1.73. The fourth-order valence-corrected chi connectivity index (χ4v) is 3.80. The highest BCUT2D eigenvalue weighted by Crippen LogP contribution is 2.32. The first-order chi connectivity index (χ1) is 11.6. The number of hydrogen-bond donors (Lipinski definition) is 1. The van der Waals surface area contributed by atoms with Crippen molar-refractivity contribution in [1.29, 1.82) is 0 Å². The van der Waals surface area contributed by atoms with Gasteiger partial charge in [0, 0.05) is 32.9 Å². The molecule has 0 radical (unpaired) electrons. The van der Waals surface area contributed by atoms with Crippen molar-refractivity contribution < 1.29 is 9.59 Å². The molecule has 2 heterocycles.